The third-order valence-electron chi connectivity index (χ3n) is 4.82. The number of hydrogen-bond acceptors (Lipinski definition) is 0. The highest BCUT2D eigenvalue weighted by Gasteiger charge is 2.16. The minimum atomic E-state index is 0.504. The van der Waals surface area contributed by atoms with Crippen LogP contribution in [0, 0.1) is 0 Å². The predicted molar refractivity (Wildman–Crippen MR) is 94.0 cm³/mol. The molecule has 0 bridgehead atoms. The molecule has 1 atom stereocenters. The predicted octanol–water partition coefficient (Wildman–Crippen LogP) is 4.44. The van der Waals surface area contributed by atoms with Crippen molar-refractivity contribution in [2.75, 3.05) is 0 Å². The number of benzene rings is 2. The van der Waals surface area contributed by atoms with Crippen LogP contribution in [0.5, 0.6) is 0 Å². The molecule has 1 unspecified atom stereocenters. The number of fused-ring (bicyclic) bond motifs is 3. The lowest BCUT2D eigenvalue weighted by Crippen LogP contribution is -2.21. The van der Waals surface area contributed by atoms with Gasteiger partial charge < -0.3 is 0 Å². The second-order valence-corrected chi connectivity index (χ2v) is 6.07. The molecule has 0 heteroatoms. The second kappa shape index (κ2) is 5.52. The molecule has 0 heterocycles. The fourth-order valence-corrected chi connectivity index (χ4v) is 3.48. The van der Waals surface area contributed by atoms with Gasteiger partial charge in [0.05, 0.1) is 0 Å². The van der Waals surface area contributed by atoms with Gasteiger partial charge in [-0.1, -0.05) is 68.8 Å². The molecular weight excluding hydrogens is 252 g/mol. The van der Waals surface area contributed by atoms with Crippen LogP contribution >= 0.6 is 0 Å². The third-order valence-corrected chi connectivity index (χ3v) is 4.82. The van der Waals surface area contributed by atoms with Crippen molar-refractivity contribution in [1.82, 2.24) is 0 Å². The van der Waals surface area contributed by atoms with E-state index in [1.165, 1.54) is 37.9 Å². The van der Waals surface area contributed by atoms with Crippen molar-refractivity contribution in [2.24, 2.45) is 0 Å². The van der Waals surface area contributed by atoms with Gasteiger partial charge in [0.2, 0.25) is 0 Å². The van der Waals surface area contributed by atoms with Crippen LogP contribution in [0.3, 0.4) is 0 Å². The second-order valence-electron chi connectivity index (χ2n) is 6.07. The molecule has 0 aliphatic heterocycles. The van der Waals surface area contributed by atoms with Crippen LogP contribution in [0.4, 0.5) is 0 Å². The molecule has 21 heavy (non-hydrogen) atoms. The van der Waals surface area contributed by atoms with Gasteiger partial charge in [-0.15, -0.1) is 0 Å². The van der Waals surface area contributed by atoms with E-state index < -0.39 is 0 Å². The molecule has 0 nitrogen and oxygen atoms in total. The maximum absolute atomic E-state index is 2.40. The zero-order valence-electron chi connectivity index (χ0n) is 13.5. The van der Waals surface area contributed by atoms with Crippen molar-refractivity contribution in [2.45, 2.75) is 46.5 Å². The Bertz CT molecular complexity index is 834. The Morgan fingerprint density at radius 1 is 1.05 bits per heavy atom. The van der Waals surface area contributed by atoms with Gasteiger partial charge in [-0.2, -0.15) is 0 Å². The van der Waals surface area contributed by atoms with E-state index in [4.69, 9.17) is 0 Å². The fraction of sp³-hybridized carbons (Fsp3) is 0.333. The first-order valence-corrected chi connectivity index (χ1v) is 8.10. The van der Waals surface area contributed by atoms with E-state index in [2.05, 4.69) is 70.2 Å². The first kappa shape index (κ1) is 14.1. The summed E-state index contributed by atoms with van der Waals surface area (Å²) in [4.78, 5) is 0. The Hall–Kier alpha value is -1.82. The summed E-state index contributed by atoms with van der Waals surface area (Å²) in [5, 5.41) is 5.70. The summed E-state index contributed by atoms with van der Waals surface area (Å²) in [6, 6.07) is 9.15. The van der Waals surface area contributed by atoms with E-state index in [0.29, 0.717) is 5.92 Å². The first-order valence-electron chi connectivity index (χ1n) is 8.10. The number of aryl methyl sites for hydroxylation is 1. The SMILES string of the molecule is CC/C=c1/c(CC)ccc2ccc3c(c12)C(C)C(C)=CC=3. The van der Waals surface area contributed by atoms with Gasteiger partial charge in [0, 0.05) is 5.92 Å². The summed E-state index contributed by atoms with van der Waals surface area (Å²) < 4.78 is 0. The van der Waals surface area contributed by atoms with Crippen LogP contribution in [0.15, 0.2) is 35.9 Å². The summed E-state index contributed by atoms with van der Waals surface area (Å²) in [5.41, 5.74) is 4.44. The van der Waals surface area contributed by atoms with Crippen molar-refractivity contribution in [3.63, 3.8) is 0 Å². The minimum absolute atomic E-state index is 0.504. The van der Waals surface area contributed by atoms with Crippen molar-refractivity contribution in [3.8, 4) is 0 Å². The Morgan fingerprint density at radius 2 is 1.81 bits per heavy atom. The molecule has 1 aliphatic carbocycles. The van der Waals surface area contributed by atoms with Crippen molar-refractivity contribution in [1.29, 1.82) is 0 Å². The van der Waals surface area contributed by atoms with Crippen LogP contribution in [0.25, 0.3) is 22.9 Å². The van der Waals surface area contributed by atoms with Gasteiger partial charge in [-0.3, -0.25) is 0 Å². The summed E-state index contributed by atoms with van der Waals surface area (Å²) in [5.74, 6) is 0.504. The molecule has 0 saturated carbocycles. The van der Waals surface area contributed by atoms with E-state index in [1.54, 1.807) is 0 Å². The highest BCUT2D eigenvalue weighted by atomic mass is 14.2. The van der Waals surface area contributed by atoms with Crippen molar-refractivity contribution >= 4 is 22.9 Å². The molecule has 0 aromatic heterocycles. The summed E-state index contributed by atoms with van der Waals surface area (Å²) >= 11 is 0. The molecule has 108 valence electrons. The van der Waals surface area contributed by atoms with E-state index in [9.17, 15) is 0 Å². The Morgan fingerprint density at radius 3 is 2.52 bits per heavy atom. The normalized spacial score (nSPS) is 18.4. The molecule has 0 amide bonds. The quantitative estimate of drug-likeness (QED) is 0.761. The van der Waals surface area contributed by atoms with Crippen molar-refractivity contribution < 1.29 is 0 Å². The molecule has 0 fully saturated rings. The van der Waals surface area contributed by atoms with Gasteiger partial charge >= 0.3 is 0 Å². The highest BCUT2D eigenvalue weighted by molar-refractivity contribution is 5.89. The van der Waals surface area contributed by atoms with E-state index >= 15 is 0 Å². The zero-order chi connectivity index (χ0) is 15.0. The Balaban J connectivity index is 2.53. The number of rotatable bonds is 2. The molecule has 0 saturated heterocycles. The van der Waals surface area contributed by atoms with Gasteiger partial charge in [-0.25, -0.2) is 0 Å². The Kier molecular flexibility index (Phi) is 3.71. The minimum Gasteiger partial charge on any atom is -0.0766 e. The molecule has 2 aromatic carbocycles. The number of allylic oxidation sites excluding steroid dienone is 2. The average molecular weight is 276 g/mol. The summed E-state index contributed by atoms with van der Waals surface area (Å²) in [6.07, 6.45) is 9.13. The van der Waals surface area contributed by atoms with E-state index in [0.717, 1.165) is 12.8 Å². The smallest absolute Gasteiger partial charge is 0.00324 e. The van der Waals surface area contributed by atoms with Crippen LogP contribution in [0.1, 0.15) is 51.2 Å². The van der Waals surface area contributed by atoms with Gasteiger partial charge in [0.25, 0.3) is 0 Å². The van der Waals surface area contributed by atoms with Crippen LogP contribution < -0.4 is 10.4 Å². The molecule has 3 rings (SSSR count). The Labute approximate surface area is 127 Å². The lowest BCUT2D eigenvalue weighted by atomic mass is 9.83. The largest absolute Gasteiger partial charge is 0.0766 e. The zero-order valence-corrected chi connectivity index (χ0v) is 13.5. The number of hydrogen-bond donors (Lipinski definition) is 0. The van der Waals surface area contributed by atoms with Crippen LogP contribution in [-0.2, 0) is 6.42 Å². The van der Waals surface area contributed by atoms with Crippen LogP contribution in [0.2, 0.25) is 0 Å². The van der Waals surface area contributed by atoms with Crippen LogP contribution in [-0.4, -0.2) is 0 Å². The average Bonchev–Trinajstić information content (AvgIpc) is 2.51. The monoisotopic (exact) mass is 276 g/mol. The standard InChI is InChI=1S/C21H24/c1-5-7-19-16(6-2)10-11-18-13-12-17-9-8-14(3)15(4)20(17)21(18)19/h7-13,15H,5-6H2,1-4H3/b19-7-. The van der Waals surface area contributed by atoms with E-state index in [1.807, 2.05) is 0 Å². The van der Waals surface area contributed by atoms with Gasteiger partial charge in [-0.05, 0) is 52.1 Å². The molecule has 0 radical (unpaired) electrons. The molecule has 0 spiro atoms. The van der Waals surface area contributed by atoms with Gasteiger partial charge in [0.1, 0.15) is 0 Å². The fourth-order valence-electron chi connectivity index (χ4n) is 3.48. The molecule has 0 N–H and O–H groups in total. The van der Waals surface area contributed by atoms with E-state index in [-0.39, 0.29) is 0 Å². The molecular formula is C21H24. The molecule has 2 aromatic rings. The maximum Gasteiger partial charge on any atom is 0.00324 e. The maximum atomic E-state index is 2.40. The van der Waals surface area contributed by atoms with Gasteiger partial charge in [0.15, 0.2) is 0 Å². The lowest BCUT2D eigenvalue weighted by molar-refractivity contribution is 0.888. The molecule has 1 aliphatic rings. The summed E-state index contributed by atoms with van der Waals surface area (Å²) in [6.45, 7) is 9.07. The lowest BCUT2D eigenvalue weighted by Gasteiger charge is -2.21. The summed E-state index contributed by atoms with van der Waals surface area (Å²) in [7, 11) is 0. The van der Waals surface area contributed by atoms with Crippen molar-refractivity contribution in [3.05, 3.63) is 57.5 Å². The third kappa shape index (κ3) is 2.23. The topological polar surface area (TPSA) is 0 Å². The first-order chi connectivity index (χ1) is 10.2. The highest BCUT2D eigenvalue weighted by Crippen LogP contribution is 2.28.